The number of amides is 1. The molecular formula is C23H25N3O3S. The molecule has 1 amide bonds. The Morgan fingerprint density at radius 3 is 2.47 bits per heavy atom. The summed E-state index contributed by atoms with van der Waals surface area (Å²) in [5, 5.41) is 4.58. The summed E-state index contributed by atoms with van der Waals surface area (Å²) in [4.78, 5) is 14.7. The van der Waals surface area contributed by atoms with Crippen molar-refractivity contribution in [2.24, 2.45) is 0 Å². The minimum Gasteiger partial charge on any atom is -0.336 e. The molecule has 2 aromatic carbocycles. The van der Waals surface area contributed by atoms with Gasteiger partial charge in [-0.25, -0.2) is 8.42 Å². The summed E-state index contributed by atoms with van der Waals surface area (Å²) in [6.07, 6.45) is 0.510. The van der Waals surface area contributed by atoms with E-state index < -0.39 is 9.84 Å². The van der Waals surface area contributed by atoms with Crippen molar-refractivity contribution in [3.05, 3.63) is 77.5 Å². The van der Waals surface area contributed by atoms with Crippen molar-refractivity contribution in [1.82, 2.24) is 14.7 Å². The first kappa shape index (κ1) is 20.3. The first-order valence-electron chi connectivity index (χ1n) is 9.99. The molecule has 0 aliphatic carbocycles. The maximum absolute atomic E-state index is 13.1. The Morgan fingerprint density at radius 1 is 1.13 bits per heavy atom. The van der Waals surface area contributed by atoms with E-state index in [9.17, 15) is 13.2 Å². The molecule has 2 heterocycles. The van der Waals surface area contributed by atoms with Gasteiger partial charge in [-0.1, -0.05) is 60.2 Å². The number of rotatable bonds is 5. The second-order valence-corrected chi connectivity index (χ2v) is 10.2. The molecule has 1 aliphatic heterocycles. The van der Waals surface area contributed by atoms with E-state index in [4.69, 9.17) is 0 Å². The predicted molar refractivity (Wildman–Crippen MR) is 117 cm³/mol. The highest BCUT2D eigenvalue weighted by Gasteiger charge is 2.32. The maximum Gasteiger partial charge on any atom is 0.274 e. The summed E-state index contributed by atoms with van der Waals surface area (Å²) in [6.45, 7) is 2.49. The van der Waals surface area contributed by atoms with Gasteiger partial charge in [0.15, 0.2) is 15.5 Å². The molecule has 0 N–H and O–H groups in total. The van der Waals surface area contributed by atoms with Gasteiger partial charge in [0.05, 0.1) is 23.2 Å². The number of sulfone groups is 1. The van der Waals surface area contributed by atoms with Crippen LogP contribution in [0.15, 0.2) is 60.7 Å². The monoisotopic (exact) mass is 423 g/mol. The summed E-state index contributed by atoms with van der Waals surface area (Å²) in [5.41, 5.74) is 4.18. The Kier molecular flexibility index (Phi) is 5.47. The molecule has 156 valence electrons. The molecule has 30 heavy (non-hydrogen) atoms. The van der Waals surface area contributed by atoms with Crippen molar-refractivity contribution in [3.8, 4) is 11.3 Å². The molecule has 3 aromatic rings. The zero-order valence-corrected chi connectivity index (χ0v) is 18.0. The second kappa shape index (κ2) is 8.07. The zero-order chi connectivity index (χ0) is 21.3. The molecule has 1 atom stereocenters. The van der Waals surface area contributed by atoms with Crippen LogP contribution in [-0.2, 0) is 16.4 Å². The summed E-state index contributed by atoms with van der Waals surface area (Å²) >= 11 is 0. The molecule has 1 saturated heterocycles. The average Bonchev–Trinajstić information content (AvgIpc) is 3.32. The van der Waals surface area contributed by atoms with E-state index in [0.717, 1.165) is 22.4 Å². The van der Waals surface area contributed by atoms with Crippen LogP contribution >= 0.6 is 0 Å². The minimum atomic E-state index is -3.07. The molecule has 7 heteroatoms. The van der Waals surface area contributed by atoms with Crippen LogP contribution in [-0.4, -0.2) is 47.6 Å². The fraction of sp³-hybridized carbons (Fsp3) is 0.304. The molecular weight excluding hydrogens is 398 g/mol. The Morgan fingerprint density at radius 2 is 1.83 bits per heavy atom. The lowest BCUT2D eigenvalue weighted by atomic mass is 10.1. The molecule has 1 aromatic heterocycles. The molecule has 0 bridgehead atoms. The maximum atomic E-state index is 13.1. The normalized spacial score (nSPS) is 17.7. The molecule has 0 spiro atoms. The van der Waals surface area contributed by atoms with E-state index in [1.54, 1.807) is 22.7 Å². The number of hydrogen-bond acceptors (Lipinski definition) is 4. The van der Waals surface area contributed by atoms with Crippen LogP contribution in [0.4, 0.5) is 0 Å². The van der Waals surface area contributed by atoms with Crippen LogP contribution in [0.1, 0.15) is 34.1 Å². The fourth-order valence-electron chi connectivity index (χ4n) is 3.81. The van der Waals surface area contributed by atoms with Crippen LogP contribution in [0.25, 0.3) is 11.3 Å². The summed E-state index contributed by atoms with van der Waals surface area (Å²) in [7, 11) is -1.32. The molecule has 0 saturated carbocycles. The van der Waals surface area contributed by atoms with Crippen molar-refractivity contribution in [2.45, 2.75) is 25.9 Å². The van der Waals surface area contributed by atoms with Crippen molar-refractivity contribution in [1.29, 1.82) is 0 Å². The quantitative estimate of drug-likeness (QED) is 0.630. The van der Waals surface area contributed by atoms with Gasteiger partial charge in [-0.2, -0.15) is 5.10 Å². The standard InChI is InChI=1S/C23H25N3O3S/c1-17-8-10-19(11-9-17)22-14-21(24-26(22)20-12-13-30(28,29)16-20)23(27)25(2)15-18-6-4-3-5-7-18/h3-11,14,20H,12-13,15-16H2,1-2H3/t20-/m1/s1. The van der Waals surface area contributed by atoms with Gasteiger partial charge in [0.2, 0.25) is 0 Å². The van der Waals surface area contributed by atoms with E-state index in [-0.39, 0.29) is 23.5 Å². The van der Waals surface area contributed by atoms with Gasteiger partial charge in [-0.05, 0) is 30.5 Å². The Bertz CT molecular complexity index is 1150. The van der Waals surface area contributed by atoms with Gasteiger partial charge < -0.3 is 4.90 Å². The summed E-state index contributed by atoms with van der Waals surface area (Å²) < 4.78 is 25.8. The molecule has 6 nitrogen and oxygen atoms in total. The van der Waals surface area contributed by atoms with E-state index in [0.29, 0.717) is 18.7 Å². The number of benzene rings is 2. The second-order valence-electron chi connectivity index (χ2n) is 7.93. The predicted octanol–water partition coefficient (Wildman–Crippen LogP) is 3.49. The van der Waals surface area contributed by atoms with Crippen LogP contribution in [0.2, 0.25) is 0 Å². The van der Waals surface area contributed by atoms with Gasteiger partial charge in [0.1, 0.15) is 0 Å². The van der Waals surface area contributed by atoms with Crippen LogP contribution < -0.4 is 0 Å². The van der Waals surface area contributed by atoms with Gasteiger partial charge in [0, 0.05) is 13.6 Å². The highest BCUT2D eigenvalue weighted by Crippen LogP contribution is 2.30. The number of hydrogen-bond donors (Lipinski definition) is 0. The Hall–Kier alpha value is -2.93. The van der Waals surface area contributed by atoms with Gasteiger partial charge >= 0.3 is 0 Å². The Labute approximate surface area is 177 Å². The number of aromatic nitrogens is 2. The lowest BCUT2D eigenvalue weighted by molar-refractivity contribution is 0.0778. The fourth-order valence-corrected chi connectivity index (χ4v) is 5.50. The molecule has 4 rings (SSSR count). The minimum absolute atomic E-state index is 0.0566. The number of carbonyl (C=O) groups excluding carboxylic acids is 1. The first-order valence-corrected chi connectivity index (χ1v) is 11.8. The summed E-state index contributed by atoms with van der Waals surface area (Å²) in [6, 6.07) is 19.3. The lowest BCUT2D eigenvalue weighted by Gasteiger charge is -2.16. The van der Waals surface area contributed by atoms with Crippen molar-refractivity contribution < 1.29 is 13.2 Å². The molecule has 0 unspecified atom stereocenters. The van der Waals surface area contributed by atoms with Gasteiger partial charge in [-0.3, -0.25) is 9.48 Å². The van der Waals surface area contributed by atoms with E-state index in [2.05, 4.69) is 5.10 Å². The van der Waals surface area contributed by atoms with Crippen LogP contribution in [0.3, 0.4) is 0 Å². The molecule has 0 radical (unpaired) electrons. The van der Waals surface area contributed by atoms with Crippen LogP contribution in [0.5, 0.6) is 0 Å². The molecule has 1 aliphatic rings. The summed E-state index contributed by atoms with van der Waals surface area (Å²) in [5.74, 6) is 0.0233. The van der Waals surface area contributed by atoms with E-state index >= 15 is 0 Å². The third-order valence-electron chi connectivity index (χ3n) is 5.47. The van der Waals surface area contributed by atoms with E-state index in [1.165, 1.54) is 0 Å². The van der Waals surface area contributed by atoms with Gasteiger partial charge in [0.25, 0.3) is 5.91 Å². The van der Waals surface area contributed by atoms with Crippen molar-refractivity contribution in [2.75, 3.05) is 18.6 Å². The third-order valence-corrected chi connectivity index (χ3v) is 7.22. The topological polar surface area (TPSA) is 72.3 Å². The van der Waals surface area contributed by atoms with Gasteiger partial charge in [-0.15, -0.1) is 0 Å². The van der Waals surface area contributed by atoms with Crippen molar-refractivity contribution >= 4 is 15.7 Å². The highest BCUT2D eigenvalue weighted by atomic mass is 32.2. The van der Waals surface area contributed by atoms with Crippen LogP contribution in [0, 0.1) is 6.92 Å². The molecule has 1 fully saturated rings. The first-order chi connectivity index (χ1) is 14.3. The third kappa shape index (κ3) is 4.31. The van der Waals surface area contributed by atoms with E-state index in [1.807, 2.05) is 61.5 Å². The largest absolute Gasteiger partial charge is 0.336 e. The number of aryl methyl sites for hydroxylation is 1. The number of carbonyl (C=O) groups is 1. The average molecular weight is 424 g/mol. The SMILES string of the molecule is Cc1ccc(-c2cc(C(=O)N(C)Cc3ccccc3)nn2[C@@H]2CCS(=O)(=O)C2)cc1. The Balaban J connectivity index is 1.67. The zero-order valence-electron chi connectivity index (χ0n) is 17.2. The smallest absolute Gasteiger partial charge is 0.274 e. The number of nitrogens with zero attached hydrogens (tertiary/aromatic N) is 3. The lowest BCUT2D eigenvalue weighted by Crippen LogP contribution is -2.27. The van der Waals surface area contributed by atoms with Crippen molar-refractivity contribution in [3.63, 3.8) is 0 Å². The highest BCUT2D eigenvalue weighted by molar-refractivity contribution is 7.91.